The molecule has 5 nitrogen and oxygen atoms in total. The molecule has 1 aromatic heterocycles. The summed E-state index contributed by atoms with van der Waals surface area (Å²) in [5.74, 6) is -11.7. The minimum atomic E-state index is -4.24. The Labute approximate surface area is 175 Å². The van der Waals surface area contributed by atoms with Crippen LogP contribution in [0.5, 0.6) is 0 Å². The van der Waals surface area contributed by atoms with Crippen LogP contribution in [0.4, 0.5) is 27.9 Å². The lowest BCUT2D eigenvalue weighted by Crippen LogP contribution is -2.59. The summed E-state index contributed by atoms with van der Waals surface area (Å²) in [6, 6.07) is 2.75. The second kappa shape index (κ2) is 6.63. The van der Waals surface area contributed by atoms with Crippen molar-refractivity contribution in [3.63, 3.8) is 0 Å². The third kappa shape index (κ3) is 3.39. The van der Waals surface area contributed by atoms with Crippen LogP contribution in [-0.2, 0) is 15.9 Å². The highest BCUT2D eigenvalue weighted by atomic mass is 19.3. The van der Waals surface area contributed by atoms with E-state index in [0.717, 1.165) is 25.3 Å². The summed E-state index contributed by atoms with van der Waals surface area (Å²) in [5, 5.41) is 12.7. The zero-order valence-corrected chi connectivity index (χ0v) is 17.4. The number of carbonyl (C=O) groups is 1. The Morgan fingerprint density at radius 1 is 1.29 bits per heavy atom. The second-order valence-electron chi connectivity index (χ2n) is 9.49. The van der Waals surface area contributed by atoms with E-state index >= 15 is 0 Å². The summed E-state index contributed by atoms with van der Waals surface area (Å²) in [6.07, 6.45) is 0.497. The van der Waals surface area contributed by atoms with E-state index in [2.05, 4.69) is 10.3 Å². The van der Waals surface area contributed by atoms with Crippen LogP contribution in [0.25, 0.3) is 11.0 Å². The number of hydrogen-bond donors (Lipinski definition) is 2. The average molecular weight is 445 g/mol. The van der Waals surface area contributed by atoms with Gasteiger partial charge in [-0.1, -0.05) is 0 Å². The van der Waals surface area contributed by atoms with Gasteiger partial charge < -0.3 is 9.67 Å². The largest absolute Gasteiger partial charge is 0.386 e. The number of carbonyl (C=O) groups excluding carboxylic acids is 1. The number of rotatable bonds is 5. The molecular formula is C21H24F5N3O2. The fourth-order valence-electron chi connectivity index (χ4n) is 4.37. The summed E-state index contributed by atoms with van der Waals surface area (Å²) in [6.45, 7) is 4.93. The molecule has 0 saturated heterocycles. The van der Waals surface area contributed by atoms with Crippen molar-refractivity contribution >= 4 is 22.9 Å². The van der Waals surface area contributed by atoms with E-state index in [-0.39, 0.29) is 11.5 Å². The predicted molar refractivity (Wildman–Crippen MR) is 104 cm³/mol. The number of amides is 1. The van der Waals surface area contributed by atoms with E-state index in [1.807, 2.05) is 6.92 Å². The molecular weight excluding hydrogens is 421 g/mol. The number of hydrogen-bond acceptors (Lipinski definition) is 3. The molecule has 0 bridgehead atoms. The van der Waals surface area contributed by atoms with Crippen LogP contribution in [-0.4, -0.2) is 32.4 Å². The van der Waals surface area contributed by atoms with E-state index < -0.39 is 53.5 Å². The highest BCUT2D eigenvalue weighted by Crippen LogP contribution is 2.56. The number of fused-ring (bicyclic) bond motifs is 1. The van der Waals surface area contributed by atoms with E-state index in [9.17, 15) is 31.9 Å². The van der Waals surface area contributed by atoms with Gasteiger partial charge in [-0.25, -0.2) is 9.37 Å². The standard InChI is InChI=1S/C21H24F5N3O2/c1-18(2,31)11-7-13(22)16-14(8-11)29(19(3)5-4-6-19)17(28-16)27-15(30)9-12-10-20(23,24)21(12,25)26/h7-8,12,31H,4-6,9-10H2,1-3H3,(H,27,28,30). The summed E-state index contributed by atoms with van der Waals surface area (Å²) in [4.78, 5) is 16.6. The van der Waals surface area contributed by atoms with Gasteiger partial charge in [-0.2, -0.15) is 17.6 Å². The van der Waals surface area contributed by atoms with E-state index in [1.54, 1.807) is 10.6 Å². The molecule has 1 unspecified atom stereocenters. The number of alkyl halides is 4. The van der Waals surface area contributed by atoms with Crippen LogP contribution in [0.15, 0.2) is 12.1 Å². The number of nitrogens with zero attached hydrogens (tertiary/aromatic N) is 2. The van der Waals surface area contributed by atoms with E-state index in [4.69, 9.17) is 0 Å². The molecule has 31 heavy (non-hydrogen) atoms. The van der Waals surface area contributed by atoms with Crippen LogP contribution in [0.3, 0.4) is 0 Å². The van der Waals surface area contributed by atoms with Gasteiger partial charge in [0.25, 0.3) is 0 Å². The Morgan fingerprint density at radius 2 is 1.94 bits per heavy atom. The zero-order chi connectivity index (χ0) is 23.0. The number of halogens is 5. The molecule has 0 spiro atoms. The van der Waals surface area contributed by atoms with Gasteiger partial charge in [0.05, 0.1) is 11.1 Å². The van der Waals surface area contributed by atoms with Crippen molar-refractivity contribution in [1.82, 2.24) is 9.55 Å². The lowest BCUT2D eigenvalue weighted by atomic mass is 9.74. The highest BCUT2D eigenvalue weighted by Gasteiger charge is 2.71. The fourth-order valence-corrected chi connectivity index (χ4v) is 4.37. The van der Waals surface area contributed by atoms with Gasteiger partial charge in [-0.3, -0.25) is 10.1 Å². The first-order chi connectivity index (χ1) is 14.2. The van der Waals surface area contributed by atoms with Crippen LogP contribution < -0.4 is 5.32 Å². The lowest BCUT2D eigenvalue weighted by molar-refractivity contribution is -0.313. The third-order valence-electron chi connectivity index (χ3n) is 6.58. The minimum absolute atomic E-state index is 0.0246. The molecule has 2 aromatic rings. The molecule has 2 aliphatic rings. The van der Waals surface area contributed by atoms with Gasteiger partial charge in [0.2, 0.25) is 11.9 Å². The smallest absolute Gasteiger partial charge is 0.313 e. The molecule has 2 aliphatic carbocycles. The van der Waals surface area contributed by atoms with E-state index in [0.29, 0.717) is 11.1 Å². The summed E-state index contributed by atoms with van der Waals surface area (Å²) in [5.41, 5.74) is -1.17. The van der Waals surface area contributed by atoms with Gasteiger partial charge in [-0.15, -0.1) is 0 Å². The number of imidazole rings is 1. The zero-order valence-electron chi connectivity index (χ0n) is 17.4. The minimum Gasteiger partial charge on any atom is -0.386 e. The highest BCUT2D eigenvalue weighted by molar-refractivity contribution is 5.92. The molecule has 1 atom stereocenters. The molecule has 10 heteroatoms. The Hall–Kier alpha value is -2.23. The van der Waals surface area contributed by atoms with Gasteiger partial charge in [0, 0.05) is 24.3 Å². The third-order valence-corrected chi connectivity index (χ3v) is 6.58. The first-order valence-electron chi connectivity index (χ1n) is 10.2. The number of aromatic nitrogens is 2. The van der Waals surface area contributed by atoms with Crippen LogP contribution >= 0.6 is 0 Å². The van der Waals surface area contributed by atoms with Gasteiger partial charge >= 0.3 is 11.8 Å². The molecule has 170 valence electrons. The maximum absolute atomic E-state index is 14.8. The number of aliphatic hydroxyl groups is 1. The average Bonchev–Trinajstić information content (AvgIpc) is 2.97. The summed E-state index contributed by atoms with van der Waals surface area (Å²) >= 11 is 0. The van der Waals surface area contributed by atoms with Crippen molar-refractivity contribution in [2.75, 3.05) is 5.32 Å². The number of benzene rings is 1. The predicted octanol–water partition coefficient (Wildman–Crippen LogP) is 4.92. The number of nitrogens with one attached hydrogen (secondary N) is 1. The maximum atomic E-state index is 14.8. The molecule has 1 heterocycles. The Kier molecular flexibility index (Phi) is 4.70. The molecule has 0 aliphatic heterocycles. The van der Waals surface area contributed by atoms with E-state index in [1.165, 1.54) is 13.8 Å². The van der Waals surface area contributed by atoms with Crippen LogP contribution in [0.1, 0.15) is 58.4 Å². The second-order valence-corrected chi connectivity index (χ2v) is 9.49. The quantitative estimate of drug-likeness (QED) is 0.642. The van der Waals surface area contributed by atoms with Gasteiger partial charge in [0.15, 0.2) is 5.82 Å². The topological polar surface area (TPSA) is 67.2 Å². The molecule has 2 saturated carbocycles. The molecule has 0 radical (unpaired) electrons. The van der Waals surface area contributed by atoms with Crippen molar-refractivity contribution in [3.05, 3.63) is 23.5 Å². The molecule has 2 N–H and O–H groups in total. The lowest BCUT2D eigenvalue weighted by Gasteiger charge is -2.43. The van der Waals surface area contributed by atoms with Crippen molar-refractivity contribution in [2.24, 2.45) is 5.92 Å². The van der Waals surface area contributed by atoms with Crippen LogP contribution in [0.2, 0.25) is 0 Å². The number of anilines is 1. The van der Waals surface area contributed by atoms with Gasteiger partial charge in [0.1, 0.15) is 5.52 Å². The molecule has 2 fully saturated rings. The first kappa shape index (κ1) is 22.0. The summed E-state index contributed by atoms with van der Waals surface area (Å²) < 4.78 is 69.7. The SMILES string of the molecule is CC(C)(O)c1cc(F)c2nc(NC(=O)CC3CC(F)(F)C3(F)F)n(C3(C)CCC3)c2c1. The van der Waals surface area contributed by atoms with Gasteiger partial charge in [-0.05, 0) is 57.7 Å². The van der Waals surface area contributed by atoms with Crippen molar-refractivity contribution in [2.45, 2.75) is 75.9 Å². The fraction of sp³-hybridized carbons (Fsp3) is 0.619. The Bertz CT molecular complexity index is 1050. The maximum Gasteiger partial charge on any atom is 0.313 e. The van der Waals surface area contributed by atoms with Crippen molar-refractivity contribution in [1.29, 1.82) is 0 Å². The molecule has 4 rings (SSSR count). The molecule has 1 amide bonds. The van der Waals surface area contributed by atoms with Crippen molar-refractivity contribution < 1.29 is 31.9 Å². The Morgan fingerprint density at radius 3 is 2.42 bits per heavy atom. The van der Waals surface area contributed by atoms with Crippen LogP contribution in [0, 0.1) is 11.7 Å². The normalized spacial score (nSPS) is 23.8. The van der Waals surface area contributed by atoms with Crippen molar-refractivity contribution in [3.8, 4) is 0 Å². The Balaban J connectivity index is 1.70. The molecule has 1 aromatic carbocycles. The summed E-state index contributed by atoms with van der Waals surface area (Å²) in [7, 11) is 0. The monoisotopic (exact) mass is 445 g/mol. The first-order valence-corrected chi connectivity index (χ1v) is 10.2.